The molecule has 0 spiro atoms. The van der Waals surface area contributed by atoms with Crippen LogP contribution in [0.25, 0.3) is 6.08 Å². The molecule has 1 aliphatic rings. The fourth-order valence-corrected chi connectivity index (χ4v) is 5.45. The highest BCUT2D eigenvalue weighted by atomic mass is 127. The lowest BCUT2D eigenvalue weighted by molar-refractivity contribution is -0.123. The number of benzene rings is 3. The first-order valence-electron chi connectivity index (χ1n) is 10.6. The molecule has 0 aliphatic carbocycles. The Morgan fingerprint density at radius 3 is 2.41 bits per heavy atom. The fraction of sp³-hybridized carbons (Fsp3) is 0.115. The maximum absolute atomic E-state index is 13.0. The summed E-state index contributed by atoms with van der Waals surface area (Å²) in [5.41, 5.74) is 1.55. The summed E-state index contributed by atoms with van der Waals surface area (Å²) in [4.78, 5) is 39.6. The van der Waals surface area contributed by atoms with Gasteiger partial charge in [0, 0.05) is 10.0 Å². The summed E-state index contributed by atoms with van der Waals surface area (Å²) in [5.74, 6) is 0.158. The van der Waals surface area contributed by atoms with Gasteiger partial charge in [0.25, 0.3) is 11.1 Å². The minimum Gasteiger partial charge on any atom is -0.497 e. The van der Waals surface area contributed by atoms with Crippen molar-refractivity contribution in [2.24, 2.45) is 0 Å². The van der Waals surface area contributed by atoms with Gasteiger partial charge in [-0.3, -0.25) is 14.5 Å². The number of amides is 2. The van der Waals surface area contributed by atoms with E-state index in [9.17, 15) is 14.4 Å². The van der Waals surface area contributed by atoms with E-state index in [0.717, 1.165) is 16.7 Å². The number of rotatable bonds is 7. The van der Waals surface area contributed by atoms with Gasteiger partial charge in [-0.25, -0.2) is 4.79 Å². The van der Waals surface area contributed by atoms with Crippen LogP contribution in [0.3, 0.4) is 0 Å². The molecule has 3 aromatic rings. The number of thioether (sulfide) groups is 1. The Hall–Kier alpha value is -2.73. The standard InChI is InChI=1S/C26H18Cl2INO6S/c1-34-18-7-4-15(5-8-18)25(32)36-23-20(29)9-14(10-21(23)35-2)11-22-24(31)30(26(33)37-22)13-16-3-6-17(27)12-19(16)28/h3-12H,13H2,1-2H3/b22-11-. The Kier molecular flexibility index (Phi) is 8.68. The Morgan fingerprint density at radius 2 is 1.76 bits per heavy atom. The number of esters is 1. The molecule has 0 radical (unpaired) electrons. The van der Waals surface area contributed by atoms with Crippen LogP contribution in [0.4, 0.5) is 4.79 Å². The zero-order valence-corrected chi connectivity index (χ0v) is 23.9. The zero-order chi connectivity index (χ0) is 26.7. The van der Waals surface area contributed by atoms with E-state index in [1.165, 1.54) is 14.2 Å². The lowest BCUT2D eigenvalue weighted by Gasteiger charge is -2.14. The lowest BCUT2D eigenvalue weighted by Crippen LogP contribution is -2.27. The Bertz CT molecular complexity index is 1430. The summed E-state index contributed by atoms with van der Waals surface area (Å²) in [7, 11) is 2.99. The van der Waals surface area contributed by atoms with Gasteiger partial charge in [-0.15, -0.1) is 0 Å². The topological polar surface area (TPSA) is 82.1 Å². The monoisotopic (exact) mass is 669 g/mol. The minimum absolute atomic E-state index is 0.0269. The smallest absolute Gasteiger partial charge is 0.343 e. The summed E-state index contributed by atoms with van der Waals surface area (Å²) < 4.78 is 16.7. The van der Waals surface area contributed by atoms with Crippen molar-refractivity contribution < 1.29 is 28.6 Å². The number of halogens is 3. The third kappa shape index (κ3) is 6.23. The second-order valence-corrected chi connectivity index (χ2v) is 10.7. The summed E-state index contributed by atoms with van der Waals surface area (Å²) in [5, 5.41) is 0.424. The number of hydrogen-bond acceptors (Lipinski definition) is 7. The van der Waals surface area contributed by atoms with Crippen molar-refractivity contribution in [3.8, 4) is 17.2 Å². The van der Waals surface area contributed by atoms with Crippen LogP contribution in [0.5, 0.6) is 17.2 Å². The van der Waals surface area contributed by atoms with Gasteiger partial charge in [0.2, 0.25) is 0 Å². The van der Waals surface area contributed by atoms with Crippen LogP contribution in [0.1, 0.15) is 21.5 Å². The van der Waals surface area contributed by atoms with Crippen molar-refractivity contribution in [1.82, 2.24) is 4.90 Å². The van der Waals surface area contributed by atoms with Gasteiger partial charge in [-0.1, -0.05) is 29.3 Å². The van der Waals surface area contributed by atoms with E-state index >= 15 is 0 Å². The molecule has 37 heavy (non-hydrogen) atoms. The van der Waals surface area contributed by atoms with Gasteiger partial charge < -0.3 is 14.2 Å². The number of nitrogens with zero attached hydrogens (tertiary/aromatic N) is 1. The SMILES string of the molecule is COc1ccc(C(=O)Oc2c(I)cc(/C=C3\SC(=O)N(Cc4ccc(Cl)cc4Cl)C3=O)cc2OC)cc1. The number of hydrogen-bond donors (Lipinski definition) is 0. The third-order valence-corrected chi connectivity index (χ3v) is 7.58. The molecule has 1 saturated heterocycles. The van der Waals surface area contributed by atoms with Gasteiger partial charge in [0.15, 0.2) is 11.5 Å². The maximum atomic E-state index is 13.0. The van der Waals surface area contributed by atoms with Crippen molar-refractivity contribution in [2.45, 2.75) is 6.54 Å². The highest BCUT2D eigenvalue weighted by Crippen LogP contribution is 2.38. The molecule has 4 rings (SSSR count). The van der Waals surface area contributed by atoms with Crippen molar-refractivity contribution in [1.29, 1.82) is 0 Å². The van der Waals surface area contributed by atoms with Crippen LogP contribution in [0.2, 0.25) is 10.0 Å². The number of ether oxygens (including phenoxy) is 3. The molecular weight excluding hydrogens is 652 g/mol. The van der Waals surface area contributed by atoms with E-state index in [2.05, 4.69) is 0 Å². The van der Waals surface area contributed by atoms with E-state index in [1.54, 1.807) is 60.7 Å². The first-order valence-corrected chi connectivity index (χ1v) is 13.3. The highest BCUT2D eigenvalue weighted by molar-refractivity contribution is 14.1. The molecule has 190 valence electrons. The predicted octanol–water partition coefficient (Wildman–Crippen LogP) is 7.07. The third-order valence-electron chi connectivity index (χ3n) is 5.29. The Labute approximate surface area is 240 Å². The van der Waals surface area contributed by atoms with Gasteiger partial charge in [0.05, 0.1) is 34.8 Å². The van der Waals surface area contributed by atoms with E-state index in [1.807, 2.05) is 22.6 Å². The molecule has 1 fully saturated rings. The molecule has 7 nitrogen and oxygen atoms in total. The molecule has 0 aromatic heterocycles. The summed E-state index contributed by atoms with van der Waals surface area (Å²) >= 11 is 15.0. The van der Waals surface area contributed by atoms with Gasteiger partial charge >= 0.3 is 5.97 Å². The lowest BCUT2D eigenvalue weighted by atomic mass is 10.1. The van der Waals surface area contributed by atoms with Crippen LogP contribution in [-0.4, -0.2) is 36.2 Å². The molecule has 1 heterocycles. The van der Waals surface area contributed by atoms with Crippen LogP contribution in [-0.2, 0) is 11.3 Å². The molecule has 11 heteroatoms. The molecule has 0 saturated carbocycles. The second kappa shape index (κ2) is 11.8. The molecule has 2 amide bonds. The number of methoxy groups -OCH3 is 2. The summed E-state index contributed by atoms with van der Waals surface area (Å²) in [6.45, 7) is 0.0269. The average Bonchev–Trinajstić information content (AvgIpc) is 3.14. The predicted molar refractivity (Wildman–Crippen MR) is 152 cm³/mol. The fourth-order valence-electron chi connectivity index (χ4n) is 3.41. The Morgan fingerprint density at radius 1 is 1.03 bits per heavy atom. The van der Waals surface area contributed by atoms with Crippen LogP contribution in [0, 0.1) is 3.57 Å². The molecular formula is C26H18Cl2INO6S. The summed E-state index contributed by atoms with van der Waals surface area (Å²) in [6, 6.07) is 14.8. The number of carbonyl (C=O) groups is 3. The highest BCUT2D eigenvalue weighted by Gasteiger charge is 2.35. The first kappa shape index (κ1) is 27.3. The van der Waals surface area contributed by atoms with Crippen LogP contribution < -0.4 is 14.2 Å². The van der Waals surface area contributed by atoms with Crippen molar-refractivity contribution >= 4 is 80.7 Å². The second-order valence-electron chi connectivity index (χ2n) is 7.66. The van der Waals surface area contributed by atoms with Crippen LogP contribution >= 0.6 is 57.6 Å². The zero-order valence-electron chi connectivity index (χ0n) is 19.4. The summed E-state index contributed by atoms with van der Waals surface area (Å²) in [6.07, 6.45) is 1.59. The van der Waals surface area contributed by atoms with Crippen molar-refractivity contribution in [3.05, 3.63) is 89.8 Å². The quantitative estimate of drug-likeness (QED) is 0.115. The van der Waals surface area contributed by atoms with Gasteiger partial charge in [0.1, 0.15) is 5.75 Å². The molecule has 0 N–H and O–H groups in total. The minimum atomic E-state index is -0.561. The van der Waals surface area contributed by atoms with E-state index < -0.39 is 17.1 Å². The Balaban J connectivity index is 1.55. The van der Waals surface area contributed by atoms with Crippen LogP contribution in [0.15, 0.2) is 59.5 Å². The molecule has 0 atom stereocenters. The average molecular weight is 670 g/mol. The van der Waals surface area contributed by atoms with Crippen molar-refractivity contribution in [2.75, 3.05) is 14.2 Å². The van der Waals surface area contributed by atoms with E-state index in [-0.39, 0.29) is 17.2 Å². The van der Waals surface area contributed by atoms with Crippen molar-refractivity contribution in [3.63, 3.8) is 0 Å². The normalized spacial score (nSPS) is 14.3. The largest absolute Gasteiger partial charge is 0.497 e. The van der Waals surface area contributed by atoms with Gasteiger partial charge in [-0.05, 0) is 100 Å². The molecule has 3 aromatic carbocycles. The molecule has 1 aliphatic heterocycles. The first-order chi connectivity index (χ1) is 17.7. The number of imide groups is 1. The molecule has 0 unspecified atom stereocenters. The molecule has 0 bridgehead atoms. The maximum Gasteiger partial charge on any atom is 0.343 e. The number of carbonyl (C=O) groups excluding carboxylic acids is 3. The van der Waals surface area contributed by atoms with E-state index in [0.29, 0.717) is 41.8 Å². The van der Waals surface area contributed by atoms with Gasteiger partial charge in [-0.2, -0.15) is 0 Å². The van der Waals surface area contributed by atoms with E-state index in [4.69, 9.17) is 37.4 Å².